The fourth-order valence-corrected chi connectivity index (χ4v) is 0.510. The average Bonchev–Trinajstić information content (AvgIpc) is 1.81. The summed E-state index contributed by atoms with van der Waals surface area (Å²) in [7, 11) is -4.96. The number of hydrogen-bond acceptors (Lipinski definition) is 5. The van der Waals surface area contributed by atoms with Gasteiger partial charge in [-0.1, -0.05) is 6.58 Å². The summed E-state index contributed by atoms with van der Waals surface area (Å²) in [5.41, 5.74) is -0.0948. The van der Waals surface area contributed by atoms with Gasteiger partial charge in [0.25, 0.3) is 0 Å². The zero-order valence-corrected chi connectivity index (χ0v) is 7.48. The van der Waals surface area contributed by atoms with E-state index in [0.717, 1.165) is 0 Å². The lowest BCUT2D eigenvalue weighted by atomic mass is 10.4. The molecule has 2 N–H and O–H groups in total. The molecule has 0 saturated heterocycles. The van der Waals surface area contributed by atoms with Crippen molar-refractivity contribution in [2.24, 2.45) is 0 Å². The van der Waals surface area contributed by atoms with E-state index in [2.05, 4.69) is 15.8 Å². The van der Waals surface area contributed by atoms with Gasteiger partial charge in [0.15, 0.2) is 0 Å². The van der Waals surface area contributed by atoms with Crippen molar-refractivity contribution in [3.05, 3.63) is 12.2 Å². The van der Waals surface area contributed by atoms with Crippen molar-refractivity contribution in [1.29, 1.82) is 0 Å². The third-order valence-electron chi connectivity index (χ3n) is 0.718. The van der Waals surface area contributed by atoms with E-state index in [-0.39, 0.29) is 5.57 Å². The standard InChI is InChI=1S/C5H7O7P/c1-3(2)4(6)11-5(7)12-13(8,9)10/h1H2,2H3,(H2,8,9,10). The highest BCUT2D eigenvalue weighted by Gasteiger charge is 2.23. The first kappa shape index (κ1) is 11.8. The molecule has 0 aliphatic carbocycles. The van der Waals surface area contributed by atoms with Crippen molar-refractivity contribution in [3.63, 3.8) is 0 Å². The smallest absolute Gasteiger partial charge is 0.357 e. The molecule has 0 heterocycles. The molecule has 0 aliphatic heterocycles. The van der Waals surface area contributed by atoms with Crippen LogP contribution in [-0.2, 0) is 18.6 Å². The van der Waals surface area contributed by atoms with Crippen LogP contribution in [0.3, 0.4) is 0 Å². The van der Waals surface area contributed by atoms with Crippen molar-refractivity contribution in [2.75, 3.05) is 0 Å². The molecule has 74 valence electrons. The highest BCUT2D eigenvalue weighted by molar-refractivity contribution is 7.46. The van der Waals surface area contributed by atoms with E-state index in [1.807, 2.05) is 0 Å². The second-order valence-corrected chi connectivity index (χ2v) is 3.17. The molecule has 8 heteroatoms. The number of hydrogen-bond donors (Lipinski definition) is 2. The number of phosphoric ester groups is 1. The monoisotopic (exact) mass is 210 g/mol. The molecule has 0 saturated carbocycles. The molecule has 7 nitrogen and oxygen atoms in total. The lowest BCUT2D eigenvalue weighted by Crippen LogP contribution is -2.12. The second-order valence-electron chi connectivity index (χ2n) is 2.00. The zero-order chi connectivity index (χ0) is 10.6. The Labute approximate surface area is 73.2 Å². The first-order valence-corrected chi connectivity index (χ1v) is 4.42. The Morgan fingerprint density at radius 3 is 2.15 bits per heavy atom. The number of phosphoric acid groups is 1. The van der Waals surface area contributed by atoms with Crippen LogP contribution >= 0.6 is 7.82 Å². The molecule has 0 aromatic rings. The Bertz CT molecular complexity index is 287. The topological polar surface area (TPSA) is 110 Å². The van der Waals surface area contributed by atoms with E-state index in [1.165, 1.54) is 6.92 Å². The predicted molar refractivity (Wildman–Crippen MR) is 39.4 cm³/mol. The minimum absolute atomic E-state index is 0.0948. The van der Waals surface area contributed by atoms with Crippen LogP contribution in [0.15, 0.2) is 12.2 Å². The molecule has 13 heavy (non-hydrogen) atoms. The van der Waals surface area contributed by atoms with Crippen molar-refractivity contribution in [2.45, 2.75) is 6.92 Å². The molecule has 0 aliphatic rings. The summed E-state index contributed by atoms with van der Waals surface area (Å²) in [6, 6.07) is 0. The molecule has 0 unspecified atom stereocenters. The molecular formula is C5H7O7P. The fourth-order valence-electron chi connectivity index (χ4n) is 0.279. The molecule has 0 aromatic heterocycles. The van der Waals surface area contributed by atoms with Crippen LogP contribution in [-0.4, -0.2) is 21.9 Å². The summed E-state index contributed by atoms with van der Waals surface area (Å²) in [5, 5.41) is 0. The summed E-state index contributed by atoms with van der Waals surface area (Å²) < 4.78 is 17.2. The predicted octanol–water partition coefficient (Wildman–Crippen LogP) is 0.335. The van der Waals surface area contributed by atoms with Crippen molar-refractivity contribution >= 4 is 19.9 Å². The molecule has 0 fully saturated rings. The number of carbonyl (C=O) groups is 2. The number of esters is 1. The maximum atomic E-state index is 10.6. The summed E-state index contributed by atoms with van der Waals surface area (Å²) in [4.78, 5) is 37.1. The minimum atomic E-state index is -4.96. The third kappa shape index (κ3) is 6.03. The van der Waals surface area contributed by atoms with Gasteiger partial charge >= 0.3 is 19.9 Å². The molecule has 0 atom stereocenters. The van der Waals surface area contributed by atoms with Crippen molar-refractivity contribution in [1.82, 2.24) is 0 Å². The Morgan fingerprint density at radius 1 is 1.38 bits per heavy atom. The van der Waals surface area contributed by atoms with Gasteiger partial charge in [0, 0.05) is 5.57 Å². The van der Waals surface area contributed by atoms with Gasteiger partial charge in [0.2, 0.25) is 0 Å². The summed E-state index contributed by atoms with van der Waals surface area (Å²) in [6.07, 6.45) is -1.76. The highest BCUT2D eigenvalue weighted by Crippen LogP contribution is 2.36. The first-order valence-electron chi connectivity index (χ1n) is 2.89. The quantitative estimate of drug-likeness (QED) is 0.292. The third-order valence-corrected chi connectivity index (χ3v) is 1.10. The fraction of sp³-hybridized carbons (Fsp3) is 0.200. The van der Waals surface area contributed by atoms with Gasteiger partial charge in [-0.15, -0.1) is 0 Å². The van der Waals surface area contributed by atoms with Crippen LogP contribution in [0, 0.1) is 0 Å². The lowest BCUT2D eigenvalue weighted by Gasteiger charge is -2.03. The molecule has 0 spiro atoms. The molecule has 0 rings (SSSR count). The van der Waals surface area contributed by atoms with Gasteiger partial charge in [-0.05, 0) is 6.92 Å². The van der Waals surface area contributed by atoms with Gasteiger partial charge < -0.3 is 9.26 Å². The number of ether oxygens (including phenoxy) is 1. The van der Waals surface area contributed by atoms with E-state index in [0.29, 0.717) is 0 Å². The van der Waals surface area contributed by atoms with Crippen LogP contribution in [0.4, 0.5) is 4.79 Å². The van der Waals surface area contributed by atoms with Gasteiger partial charge in [-0.25, -0.2) is 14.2 Å². The van der Waals surface area contributed by atoms with Crippen LogP contribution in [0.1, 0.15) is 6.92 Å². The maximum absolute atomic E-state index is 10.6. The maximum Gasteiger partial charge on any atom is 0.529 e. The largest absolute Gasteiger partial charge is 0.529 e. The van der Waals surface area contributed by atoms with Crippen LogP contribution in [0.25, 0.3) is 0 Å². The zero-order valence-electron chi connectivity index (χ0n) is 6.59. The highest BCUT2D eigenvalue weighted by atomic mass is 31.2. The first-order chi connectivity index (χ1) is 5.72. The molecule has 0 amide bonds. The lowest BCUT2D eigenvalue weighted by molar-refractivity contribution is -0.134. The van der Waals surface area contributed by atoms with E-state index < -0.39 is 19.9 Å². The Hall–Kier alpha value is -1.17. The second kappa shape index (κ2) is 4.18. The molecule has 0 bridgehead atoms. The van der Waals surface area contributed by atoms with E-state index in [9.17, 15) is 14.2 Å². The molecule has 0 radical (unpaired) electrons. The number of carbonyl (C=O) groups excluding carboxylic acids is 2. The van der Waals surface area contributed by atoms with E-state index >= 15 is 0 Å². The number of rotatable bonds is 2. The van der Waals surface area contributed by atoms with E-state index in [4.69, 9.17) is 9.79 Å². The minimum Gasteiger partial charge on any atom is -0.357 e. The Morgan fingerprint density at radius 2 is 1.85 bits per heavy atom. The normalized spacial score (nSPS) is 10.4. The van der Waals surface area contributed by atoms with Crippen molar-refractivity contribution in [3.8, 4) is 0 Å². The Balaban J connectivity index is 4.11. The summed E-state index contributed by atoms with van der Waals surface area (Å²) in [6.45, 7) is 4.39. The SMILES string of the molecule is C=C(C)C(=O)OC(=O)OP(=O)(O)O. The Kier molecular flexibility index (Phi) is 3.80. The van der Waals surface area contributed by atoms with Gasteiger partial charge in [0.1, 0.15) is 0 Å². The summed E-state index contributed by atoms with van der Waals surface area (Å²) >= 11 is 0. The average molecular weight is 210 g/mol. The van der Waals surface area contributed by atoms with Crippen LogP contribution in [0.2, 0.25) is 0 Å². The molecule has 0 aromatic carbocycles. The van der Waals surface area contributed by atoms with Gasteiger partial charge in [-0.3, -0.25) is 9.79 Å². The van der Waals surface area contributed by atoms with Gasteiger partial charge in [-0.2, -0.15) is 0 Å². The van der Waals surface area contributed by atoms with Crippen LogP contribution in [0.5, 0.6) is 0 Å². The summed E-state index contributed by atoms with van der Waals surface area (Å²) in [5.74, 6) is -1.11. The van der Waals surface area contributed by atoms with E-state index in [1.54, 1.807) is 0 Å². The molecular weight excluding hydrogens is 203 g/mol. The van der Waals surface area contributed by atoms with Crippen molar-refractivity contribution < 1.29 is 33.2 Å². The van der Waals surface area contributed by atoms with Gasteiger partial charge in [0.05, 0.1) is 0 Å². The van der Waals surface area contributed by atoms with Crippen LogP contribution < -0.4 is 0 Å².